The smallest absolute Gasteiger partial charge is 0.309 e. The van der Waals surface area contributed by atoms with Crippen molar-refractivity contribution in [1.82, 2.24) is 10.2 Å². The van der Waals surface area contributed by atoms with E-state index in [1.807, 2.05) is 26.0 Å². The lowest BCUT2D eigenvalue weighted by molar-refractivity contribution is -0.149. The number of guanidine groups is 1. The predicted octanol–water partition coefficient (Wildman–Crippen LogP) is 2.83. The Morgan fingerprint density at radius 3 is 2.64 bits per heavy atom. The molecule has 2 rings (SSSR count). The summed E-state index contributed by atoms with van der Waals surface area (Å²) in [6.07, 6.45) is 1.78. The molecule has 0 bridgehead atoms. The normalized spacial score (nSPS) is 15.3. The lowest BCUT2D eigenvalue weighted by Crippen LogP contribution is -2.47. The van der Waals surface area contributed by atoms with Gasteiger partial charge in [-0.1, -0.05) is 17.7 Å². The third-order valence-electron chi connectivity index (χ3n) is 4.66. The van der Waals surface area contributed by atoms with Crippen molar-refractivity contribution < 1.29 is 14.3 Å². The van der Waals surface area contributed by atoms with Crippen molar-refractivity contribution in [1.29, 1.82) is 0 Å². The number of hydrogen-bond donors (Lipinski definition) is 2. The molecule has 1 aromatic carbocycles. The second-order valence-electron chi connectivity index (χ2n) is 6.77. The maximum absolute atomic E-state index is 12.2. The van der Waals surface area contributed by atoms with Gasteiger partial charge < -0.3 is 20.3 Å². The number of rotatable bonds is 6. The van der Waals surface area contributed by atoms with Crippen molar-refractivity contribution in [3.63, 3.8) is 0 Å². The van der Waals surface area contributed by atoms with Gasteiger partial charge in [0.1, 0.15) is 0 Å². The number of aliphatic imine (C=N–C) groups is 1. The van der Waals surface area contributed by atoms with Gasteiger partial charge in [0.05, 0.1) is 23.2 Å². The molecule has 1 saturated heterocycles. The monoisotopic (exact) mass is 408 g/mol. The number of anilines is 1. The van der Waals surface area contributed by atoms with E-state index in [1.165, 1.54) is 0 Å². The van der Waals surface area contributed by atoms with Crippen LogP contribution in [0.4, 0.5) is 5.69 Å². The van der Waals surface area contributed by atoms with Crippen molar-refractivity contribution in [3.05, 3.63) is 28.8 Å². The number of benzene rings is 1. The molecule has 0 radical (unpaired) electrons. The van der Waals surface area contributed by atoms with E-state index in [9.17, 15) is 9.59 Å². The molecule has 2 N–H and O–H groups in total. The predicted molar refractivity (Wildman–Crippen MR) is 112 cm³/mol. The first-order valence-corrected chi connectivity index (χ1v) is 10.0. The summed E-state index contributed by atoms with van der Waals surface area (Å²) < 4.78 is 5.10. The van der Waals surface area contributed by atoms with E-state index < -0.39 is 0 Å². The number of ether oxygens (including phenoxy) is 1. The van der Waals surface area contributed by atoms with Crippen LogP contribution in [0.5, 0.6) is 0 Å². The van der Waals surface area contributed by atoms with Crippen LogP contribution >= 0.6 is 11.6 Å². The molecule has 154 valence electrons. The fourth-order valence-electron chi connectivity index (χ4n) is 3.14. The number of esters is 1. The average molecular weight is 409 g/mol. The van der Waals surface area contributed by atoms with E-state index in [2.05, 4.69) is 20.5 Å². The average Bonchev–Trinajstić information content (AvgIpc) is 2.68. The van der Waals surface area contributed by atoms with Crippen LogP contribution in [0.1, 0.15) is 31.7 Å². The fourth-order valence-corrected chi connectivity index (χ4v) is 3.42. The Kier molecular flexibility index (Phi) is 8.57. The van der Waals surface area contributed by atoms with Crippen molar-refractivity contribution in [2.45, 2.75) is 33.1 Å². The van der Waals surface area contributed by atoms with Crippen molar-refractivity contribution >= 4 is 35.1 Å². The molecule has 1 fully saturated rings. The van der Waals surface area contributed by atoms with Crippen LogP contribution in [-0.2, 0) is 14.3 Å². The molecule has 0 aliphatic carbocycles. The lowest BCUT2D eigenvalue weighted by atomic mass is 9.97. The summed E-state index contributed by atoms with van der Waals surface area (Å²) in [6, 6.07) is 5.52. The third-order valence-corrected chi connectivity index (χ3v) is 4.97. The number of amides is 1. The zero-order valence-corrected chi connectivity index (χ0v) is 17.5. The molecule has 8 heteroatoms. The van der Waals surface area contributed by atoms with Crippen LogP contribution in [0.15, 0.2) is 23.2 Å². The topological polar surface area (TPSA) is 83.0 Å². The highest BCUT2D eigenvalue weighted by molar-refractivity contribution is 6.33. The minimum atomic E-state index is -0.116. The highest BCUT2D eigenvalue weighted by atomic mass is 35.5. The zero-order valence-electron chi connectivity index (χ0n) is 16.8. The first-order chi connectivity index (χ1) is 13.4. The molecule has 0 atom stereocenters. The Morgan fingerprint density at radius 2 is 2.04 bits per heavy atom. The minimum Gasteiger partial charge on any atom is -0.466 e. The molecule has 0 saturated carbocycles. The Balaban J connectivity index is 1.75. The molecule has 1 heterocycles. The summed E-state index contributed by atoms with van der Waals surface area (Å²) in [7, 11) is 1.71. The molecular weight excluding hydrogens is 380 g/mol. The highest BCUT2D eigenvalue weighted by Crippen LogP contribution is 2.22. The van der Waals surface area contributed by atoms with Gasteiger partial charge in [0, 0.05) is 33.1 Å². The first kappa shape index (κ1) is 22.0. The van der Waals surface area contributed by atoms with E-state index in [1.54, 1.807) is 13.1 Å². The van der Waals surface area contributed by atoms with Crippen LogP contribution in [0.2, 0.25) is 5.02 Å². The van der Waals surface area contributed by atoms with Gasteiger partial charge in [-0.05, 0) is 44.4 Å². The Hall–Kier alpha value is -2.28. The van der Waals surface area contributed by atoms with Crippen LogP contribution < -0.4 is 10.6 Å². The van der Waals surface area contributed by atoms with E-state index in [0.29, 0.717) is 30.3 Å². The second kappa shape index (κ2) is 10.9. The molecular formula is C20H29ClN4O3. The van der Waals surface area contributed by atoms with Crippen molar-refractivity contribution in [2.75, 3.05) is 38.6 Å². The summed E-state index contributed by atoms with van der Waals surface area (Å²) in [5.41, 5.74) is 1.66. The fraction of sp³-hybridized carbons (Fsp3) is 0.550. The number of likely N-dealkylation sites (tertiary alicyclic amines) is 1. The molecule has 0 unspecified atom stereocenters. The molecule has 0 spiro atoms. The number of nitrogens with zero attached hydrogens (tertiary/aromatic N) is 2. The Bertz CT molecular complexity index is 715. The number of halogens is 1. The highest BCUT2D eigenvalue weighted by Gasteiger charge is 2.27. The van der Waals surface area contributed by atoms with Crippen LogP contribution in [0.25, 0.3) is 0 Å². The summed E-state index contributed by atoms with van der Waals surface area (Å²) >= 11 is 6.15. The van der Waals surface area contributed by atoms with Gasteiger partial charge in [0.15, 0.2) is 5.96 Å². The van der Waals surface area contributed by atoms with Crippen molar-refractivity contribution in [2.24, 2.45) is 10.9 Å². The maximum atomic E-state index is 12.2. The number of carbonyl (C=O) groups excluding carboxylic acids is 2. The lowest BCUT2D eigenvalue weighted by Gasteiger charge is -2.33. The Morgan fingerprint density at radius 1 is 1.32 bits per heavy atom. The standard InChI is InChI=1S/C20H29ClN4O3/c1-4-28-19(27)15-8-11-25(12-9-15)20(22-3)23-10-7-18(26)24-17-6-5-14(2)13-16(17)21/h5-6,13,15H,4,7-12H2,1-3H3,(H,22,23)(H,24,26). The number of carbonyl (C=O) groups is 2. The van der Waals surface area contributed by atoms with Crippen LogP contribution in [-0.4, -0.2) is 56.0 Å². The summed E-state index contributed by atoms with van der Waals surface area (Å²) in [6.45, 7) is 6.10. The number of nitrogens with one attached hydrogen (secondary N) is 2. The molecule has 0 aromatic heterocycles. The van der Waals surface area contributed by atoms with Gasteiger partial charge in [-0.25, -0.2) is 0 Å². The summed E-state index contributed by atoms with van der Waals surface area (Å²) in [5.74, 6) is 0.467. The SMILES string of the molecule is CCOC(=O)C1CCN(C(=NC)NCCC(=O)Nc2ccc(C)cc2Cl)CC1. The molecule has 28 heavy (non-hydrogen) atoms. The maximum Gasteiger partial charge on any atom is 0.309 e. The molecule has 7 nitrogen and oxygen atoms in total. The van der Waals surface area contributed by atoms with Gasteiger partial charge in [-0.3, -0.25) is 14.6 Å². The number of aryl methyl sites for hydroxylation is 1. The molecule has 1 amide bonds. The number of hydrogen-bond acceptors (Lipinski definition) is 4. The van der Waals surface area contributed by atoms with Crippen LogP contribution in [0, 0.1) is 12.8 Å². The first-order valence-electron chi connectivity index (χ1n) is 9.62. The van der Waals surface area contributed by atoms with Crippen molar-refractivity contribution in [3.8, 4) is 0 Å². The quantitative estimate of drug-likeness (QED) is 0.429. The number of piperidine rings is 1. The van der Waals surface area contributed by atoms with E-state index in [0.717, 1.165) is 37.5 Å². The van der Waals surface area contributed by atoms with Gasteiger partial charge in [0.25, 0.3) is 0 Å². The Labute approximate surface area is 171 Å². The molecule has 1 aliphatic rings. The largest absolute Gasteiger partial charge is 0.466 e. The van der Waals surface area contributed by atoms with Gasteiger partial charge in [0.2, 0.25) is 5.91 Å². The van der Waals surface area contributed by atoms with Gasteiger partial charge in [-0.2, -0.15) is 0 Å². The van der Waals surface area contributed by atoms with E-state index in [4.69, 9.17) is 16.3 Å². The second-order valence-corrected chi connectivity index (χ2v) is 7.18. The summed E-state index contributed by atoms with van der Waals surface area (Å²) in [4.78, 5) is 30.4. The van der Waals surface area contributed by atoms with E-state index >= 15 is 0 Å². The summed E-state index contributed by atoms with van der Waals surface area (Å²) in [5, 5.41) is 6.57. The van der Waals surface area contributed by atoms with E-state index in [-0.39, 0.29) is 17.8 Å². The molecule has 1 aromatic rings. The van der Waals surface area contributed by atoms with Gasteiger partial charge in [-0.15, -0.1) is 0 Å². The minimum absolute atomic E-state index is 0.0423. The third kappa shape index (κ3) is 6.41. The molecule has 1 aliphatic heterocycles. The van der Waals surface area contributed by atoms with Gasteiger partial charge >= 0.3 is 5.97 Å². The van der Waals surface area contributed by atoms with Crippen LogP contribution in [0.3, 0.4) is 0 Å². The zero-order chi connectivity index (χ0) is 20.5.